The van der Waals surface area contributed by atoms with Gasteiger partial charge in [-0.15, -0.1) is 0 Å². The second-order valence-corrected chi connectivity index (χ2v) is 10.5. The van der Waals surface area contributed by atoms with Crippen molar-refractivity contribution in [1.29, 1.82) is 0 Å². The van der Waals surface area contributed by atoms with E-state index in [0.717, 1.165) is 41.1 Å². The van der Waals surface area contributed by atoms with Crippen molar-refractivity contribution in [2.45, 2.75) is 22.8 Å². The van der Waals surface area contributed by atoms with Crippen molar-refractivity contribution in [1.82, 2.24) is 0 Å². The Morgan fingerprint density at radius 2 is 1.58 bits per heavy atom. The van der Waals surface area contributed by atoms with Crippen molar-refractivity contribution in [3.05, 3.63) is 86.3 Å². The molecule has 0 saturated carbocycles. The average Bonchev–Trinajstić information content (AvgIpc) is 2.77. The molecule has 162 valence electrons. The summed E-state index contributed by atoms with van der Waals surface area (Å²) in [5.74, 6) is 0. The van der Waals surface area contributed by atoms with E-state index in [-0.39, 0.29) is 0 Å². The molecule has 0 unspecified atom stereocenters. The van der Waals surface area contributed by atoms with Gasteiger partial charge in [0.25, 0.3) is 0 Å². The third kappa shape index (κ3) is 5.65. The Morgan fingerprint density at radius 3 is 2.29 bits per heavy atom. The summed E-state index contributed by atoms with van der Waals surface area (Å²) < 4.78 is 0. The molecular weight excluding hydrogens is 490 g/mol. The van der Waals surface area contributed by atoms with Crippen LogP contribution >= 0.6 is 58.2 Å². The number of hydrogen-bond donors (Lipinski definition) is 1. The van der Waals surface area contributed by atoms with Gasteiger partial charge in [0.15, 0.2) is 0 Å². The number of halogens is 4. The Morgan fingerprint density at radius 1 is 0.839 bits per heavy atom. The average molecular weight is 513 g/mol. The highest BCUT2D eigenvalue weighted by Gasteiger charge is 2.27. The van der Waals surface area contributed by atoms with Gasteiger partial charge in [0.2, 0.25) is 0 Å². The minimum atomic E-state index is 0.325. The summed E-state index contributed by atoms with van der Waals surface area (Å²) in [4.78, 5) is 6.22. The van der Waals surface area contributed by atoms with Gasteiger partial charge in [-0.05, 0) is 61.5 Å². The third-order valence-corrected chi connectivity index (χ3v) is 8.04. The first-order chi connectivity index (χ1) is 14.9. The summed E-state index contributed by atoms with van der Waals surface area (Å²) >= 11 is 26.6. The predicted molar refractivity (Wildman–Crippen MR) is 135 cm³/mol. The van der Waals surface area contributed by atoms with Crippen molar-refractivity contribution >= 4 is 63.9 Å². The second-order valence-electron chi connectivity index (χ2n) is 7.71. The first kappa shape index (κ1) is 23.1. The van der Waals surface area contributed by atoms with Crippen LogP contribution in [0.25, 0.3) is 0 Å². The largest absolute Gasteiger partial charge is 0.360 e. The van der Waals surface area contributed by atoms with E-state index in [1.807, 2.05) is 42.5 Å². The molecule has 0 bridgehead atoms. The zero-order valence-electron chi connectivity index (χ0n) is 17.0. The number of nitrogens with zero attached hydrogens (tertiary/aromatic N) is 1. The summed E-state index contributed by atoms with van der Waals surface area (Å²) in [5, 5.41) is 2.68. The highest BCUT2D eigenvalue weighted by Crippen LogP contribution is 2.37. The molecule has 31 heavy (non-hydrogen) atoms. The molecule has 2 nitrogen and oxygen atoms in total. The maximum Gasteiger partial charge on any atom is 0.111 e. The number of anilines is 1. The standard InChI is InChI=1S/C24H22Cl4N2S/c1-16(29-9-11-30(12-10-29)19-4-2-3-17(25)13-19)21-14-18(26)5-8-24(21)31-20-6-7-22(27)23(28)15-20/h2-8,13-16H,9-12H2,1H3/p+1/t16-/m1/s1. The fourth-order valence-electron chi connectivity index (χ4n) is 4.00. The fourth-order valence-corrected chi connectivity index (χ4v) is 5.78. The van der Waals surface area contributed by atoms with Crippen molar-refractivity contribution in [2.24, 2.45) is 0 Å². The molecule has 4 rings (SSSR count). The number of rotatable bonds is 5. The van der Waals surface area contributed by atoms with E-state index in [0.29, 0.717) is 16.1 Å². The number of piperazine rings is 1. The van der Waals surface area contributed by atoms with E-state index < -0.39 is 0 Å². The predicted octanol–water partition coefficient (Wildman–Crippen LogP) is 6.92. The zero-order valence-corrected chi connectivity index (χ0v) is 20.9. The van der Waals surface area contributed by atoms with Gasteiger partial charge in [0.05, 0.1) is 36.2 Å². The lowest BCUT2D eigenvalue weighted by molar-refractivity contribution is -0.930. The molecule has 3 aromatic rings. The van der Waals surface area contributed by atoms with Crippen LogP contribution < -0.4 is 9.80 Å². The third-order valence-electron chi connectivity index (χ3n) is 5.75. The molecule has 0 radical (unpaired) electrons. The van der Waals surface area contributed by atoms with Crippen LogP contribution in [0.15, 0.2) is 70.5 Å². The van der Waals surface area contributed by atoms with Crippen LogP contribution in [0.4, 0.5) is 5.69 Å². The molecule has 1 saturated heterocycles. The SMILES string of the molecule is C[C@H](c1cc(Cl)ccc1Sc1ccc(Cl)c(Cl)c1)[NH+]1CCN(c2cccc(Cl)c2)CC1. The minimum Gasteiger partial charge on any atom is -0.360 e. The van der Waals surface area contributed by atoms with Crippen molar-refractivity contribution in [2.75, 3.05) is 31.1 Å². The van der Waals surface area contributed by atoms with Crippen LogP contribution in [-0.2, 0) is 0 Å². The summed E-state index contributed by atoms with van der Waals surface area (Å²) in [6.07, 6.45) is 0. The van der Waals surface area contributed by atoms with Crippen LogP contribution in [-0.4, -0.2) is 26.2 Å². The molecule has 1 aliphatic rings. The Labute approximate surface area is 208 Å². The normalized spacial score (nSPS) is 15.8. The number of nitrogens with one attached hydrogen (secondary N) is 1. The van der Waals surface area contributed by atoms with Gasteiger partial charge in [-0.1, -0.05) is 64.2 Å². The van der Waals surface area contributed by atoms with Gasteiger partial charge in [0.1, 0.15) is 6.04 Å². The highest BCUT2D eigenvalue weighted by molar-refractivity contribution is 7.99. The molecule has 0 aromatic heterocycles. The zero-order chi connectivity index (χ0) is 22.0. The topological polar surface area (TPSA) is 7.68 Å². The van der Waals surface area contributed by atoms with Crippen molar-refractivity contribution < 1.29 is 4.90 Å². The lowest BCUT2D eigenvalue weighted by Gasteiger charge is -2.37. The van der Waals surface area contributed by atoms with Crippen LogP contribution in [0.3, 0.4) is 0 Å². The highest BCUT2D eigenvalue weighted by atomic mass is 35.5. The maximum atomic E-state index is 6.39. The van der Waals surface area contributed by atoms with E-state index in [1.54, 1.807) is 16.7 Å². The second kappa shape index (κ2) is 10.2. The molecule has 0 spiro atoms. The Kier molecular flexibility index (Phi) is 7.64. The van der Waals surface area contributed by atoms with Crippen LogP contribution in [0, 0.1) is 0 Å². The van der Waals surface area contributed by atoms with Gasteiger partial charge >= 0.3 is 0 Å². The molecule has 1 atom stereocenters. The Balaban J connectivity index is 1.50. The number of quaternary nitrogens is 1. The van der Waals surface area contributed by atoms with Gasteiger partial charge in [0, 0.05) is 31.1 Å². The van der Waals surface area contributed by atoms with E-state index in [2.05, 4.69) is 30.0 Å². The lowest BCUT2D eigenvalue weighted by Crippen LogP contribution is -3.14. The van der Waals surface area contributed by atoms with E-state index in [4.69, 9.17) is 46.4 Å². The van der Waals surface area contributed by atoms with Crippen LogP contribution in [0.1, 0.15) is 18.5 Å². The van der Waals surface area contributed by atoms with Gasteiger partial charge in [-0.25, -0.2) is 0 Å². The summed E-state index contributed by atoms with van der Waals surface area (Å²) in [6.45, 7) is 6.38. The van der Waals surface area contributed by atoms with Gasteiger partial charge in [-0.3, -0.25) is 0 Å². The smallest absolute Gasteiger partial charge is 0.111 e. The Hall–Kier alpha value is -1.07. The molecule has 1 aliphatic heterocycles. The molecule has 7 heteroatoms. The summed E-state index contributed by atoms with van der Waals surface area (Å²) in [5.41, 5.74) is 2.45. The first-order valence-electron chi connectivity index (χ1n) is 10.2. The van der Waals surface area contributed by atoms with Crippen molar-refractivity contribution in [3.63, 3.8) is 0 Å². The molecule has 0 aliphatic carbocycles. The van der Waals surface area contributed by atoms with E-state index in [1.165, 1.54) is 16.1 Å². The quantitative estimate of drug-likeness (QED) is 0.396. The van der Waals surface area contributed by atoms with E-state index >= 15 is 0 Å². The van der Waals surface area contributed by atoms with Crippen molar-refractivity contribution in [3.8, 4) is 0 Å². The van der Waals surface area contributed by atoms with Crippen LogP contribution in [0.5, 0.6) is 0 Å². The fraction of sp³-hybridized carbons (Fsp3) is 0.250. The van der Waals surface area contributed by atoms with Gasteiger partial charge in [-0.2, -0.15) is 0 Å². The molecule has 1 N–H and O–H groups in total. The number of benzene rings is 3. The van der Waals surface area contributed by atoms with Gasteiger partial charge < -0.3 is 9.80 Å². The molecule has 1 fully saturated rings. The summed E-state index contributed by atoms with van der Waals surface area (Å²) in [6, 6.07) is 20.3. The molecule has 0 amide bonds. The first-order valence-corrected chi connectivity index (χ1v) is 12.5. The number of hydrogen-bond acceptors (Lipinski definition) is 2. The van der Waals surface area contributed by atoms with Crippen LogP contribution in [0.2, 0.25) is 20.1 Å². The van der Waals surface area contributed by atoms with E-state index in [9.17, 15) is 0 Å². The monoisotopic (exact) mass is 511 g/mol. The Bertz CT molecular complexity index is 1070. The summed E-state index contributed by atoms with van der Waals surface area (Å²) in [7, 11) is 0. The minimum absolute atomic E-state index is 0.325. The molecule has 3 aromatic carbocycles. The maximum absolute atomic E-state index is 6.39. The molecular formula is C24H23Cl4N2S+. The lowest BCUT2D eigenvalue weighted by atomic mass is 10.1. The molecule has 1 heterocycles.